The highest BCUT2D eigenvalue weighted by molar-refractivity contribution is 6.06. The Hall–Kier alpha value is -2.54. The average Bonchev–Trinajstić information content (AvgIpc) is 3.15. The highest BCUT2D eigenvalue weighted by Gasteiger charge is 2.07. The van der Waals surface area contributed by atoms with Gasteiger partial charge in [-0.3, -0.25) is 0 Å². The molecule has 0 N–H and O–H groups in total. The van der Waals surface area contributed by atoms with Crippen LogP contribution in [0.4, 0.5) is 0 Å². The van der Waals surface area contributed by atoms with Crippen molar-refractivity contribution in [3.63, 3.8) is 0 Å². The van der Waals surface area contributed by atoms with E-state index in [-0.39, 0.29) is 21.9 Å². The van der Waals surface area contributed by atoms with E-state index in [0.29, 0.717) is 0 Å². The lowest BCUT2D eigenvalue weighted by atomic mass is 10.0. The quantitative estimate of drug-likeness (QED) is 0.453. The Morgan fingerprint density at radius 1 is 0.632 bits per heavy atom. The fourth-order valence-corrected chi connectivity index (χ4v) is 1.80. The number of furan rings is 1. The molecule has 0 atom stereocenters. The van der Waals surface area contributed by atoms with Gasteiger partial charge in [0.2, 0.25) is 0 Å². The van der Waals surface area contributed by atoms with Gasteiger partial charge in [0.1, 0.15) is 11.2 Å². The normalized spacial score (nSPS) is 20.0. The maximum Gasteiger partial charge on any atom is 0.135 e. The Bertz CT molecular complexity index is 1420. The van der Waals surface area contributed by atoms with Gasteiger partial charge in [-0.25, -0.2) is 0 Å². The van der Waals surface area contributed by atoms with Crippen molar-refractivity contribution in [3.05, 3.63) is 72.5 Å². The largest absolute Gasteiger partial charge is 0.456 e. The molecule has 0 amide bonds. The van der Waals surface area contributed by atoms with Gasteiger partial charge in [0.25, 0.3) is 0 Å². The van der Waals surface area contributed by atoms with Gasteiger partial charge in [-0.2, -0.15) is 0 Å². The molecule has 0 aliphatic carbocycles. The Morgan fingerprint density at radius 3 is 2.26 bits per heavy atom. The van der Waals surface area contributed by atoms with Gasteiger partial charge >= 0.3 is 0 Å². The van der Waals surface area contributed by atoms with Crippen LogP contribution in [0.25, 0.3) is 33.1 Å². The minimum atomic E-state index is -0.666. The topological polar surface area (TPSA) is 13.1 Å². The Kier molecular flexibility index (Phi) is 0.835. The Morgan fingerprint density at radius 2 is 1.37 bits per heavy atom. The predicted octanol–water partition coefficient (Wildman–Crippen LogP) is 5.25. The van der Waals surface area contributed by atoms with E-state index in [2.05, 4.69) is 0 Å². The summed E-state index contributed by atoms with van der Waals surface area (Å²) in [5.74, 6) is 0. The van der Waals surface area contributed by atoms with Gasteiger partial charge in [-0.05, 0) is 29.3 Å². The van der Waals surface area contributed by atoms with Crippen molar-refractivity contribution >= 4 is 21.9 Å². The van der Waals surface area contributed by atoms with Crippen LogP contribution >= 0.6 is 0 Å². The van der Waals surface area contributed by atoms with Gasteiger partial charge in [-0.15, -0.1) is 0 Å². The van der Waals surface area contributed by atoms with E-state index in [0.717, 1.165) is 0 Å². The number of hydrogen-bond acceptors (Lipinski definition) is 1. The summed E-state index contributed by atoms with van der Waals surface area (Å²) in [6, 6.07) is -7.16. The first-order valence-corrected chi connectivity index (χ1v) is 5.41. The maximum atomic E-state index is 8.64. The summed E-state index contributed by atoms with van der Waals surface area (Å²) < 4.78 is 102. The number of benzene rings is 3. The van der Waals surface area contributed by atoms with E-state index < -0.39 is 83.6 Å². The first-order chi connectivity index (χ1) is 14.4. The van der Waals surface area contributed by atoms with E-state index in [1.165, 1.54) is 0 Å². The molecular formula is C18H12O. The third-order valence-electron chi connectivity index (χ3n) is 2.64. The van der Waals surface area contributed by atoms with Gasteiger partial charge in [0, 0.05) is 10.8 Å². The van der Waals surface area contributed by atoms with Crippen molar-refractivity contribution in [3.8, 4) is 11.1 Å². The lowest BCUT2D eigenvalue weighted by molar-refractivity contribution is 0.669. The van der Waals surface area contributed by atoms with Crippen LogP contribution in [-0.2, 0) is 0 Å². The van der Waals surface area contributed by atoms with Crippen molar-refractivity contribution in [2.75, 3.05) is 0 Å². The van der Waals surface area contributed by atoms with Crippen molar-refractivity contribution in [1.29, 1.82) is 0 Å². The van der Waals surface area contributed by atoms with Crippen LogP contribution in [0.2, 0.25) is 0 Å². The minimum Gasteiger partial charge on any atom is -0.456 e. The van der Waals surface area contributed by atoms with E-state index >= 15 is 0 Å². The molecule has 90 valence electrons. The van der Waals surface area contributed by atoms with Gasteiger partial charge in [-0.1, -0.05) is 54.4 Å². The zero-order valence-corrected chi connectivity index (χ0v) is 9.41. The molecule has 4 rings (SSSR count). The fourth-order valence-electron chi connectivity index (χ4n) is 1.80. The molecule has 1 heterocycles. The molecule has 1 nitrogen and oxygen atoms in total. The molecule has 1 heteroatoms. The molecule has 0 unspecified atom stereocenters. The van der Waals surface area contributed by atoms with Crippen LogP contribution in [0.5, 0.6) is 0 Å². The first-order valence-electron chi connectivity index (χ1n) is 11.4. The van der Waals surface area contributed by atoms with Crippen molar-refractivity contribution < 1.29 is 20.9 Å². The smallest absolute Gasteiger partial charge is 0.135 e. The Labute approximate surface area is 128 Å². The standard InChI is InChI=1S/C18H12O/c1-2-6-13(7-3-1)14-10-11-18-16(12-14)15-8-4-5-9-17(15)19-18/h1-12H/i1D,2D,3D,4D,5D,6D,7D,8D,9D,10D,11D,12D. The fraction of sp³-hybridized carbons (Fsp3) is 0. The zero-order chi connectivity index (χ0) is 23.1. The average molecular weight is 256 g/mol. The predicted molar refractivity (Wildman–Crippen MR) is 79.2 cm³/mol. The molecule has 0 saturated carbocycles. The van der Waals surface area contributed by atoms with Crippen LogP contribution in [0, 0.1) is 0 Å². The summed E-state index contributed by atoms with van der Waals surface area (Å²) in [4.78, 5) is 0. The first kappa shape index (κ1) is 3.97. The maximum absolute atomic E-state index is 8.64. The molecule has 1 aromatic heterocycles. The zero-order valence-electron chi connectivity index (χ0n) is 21.4. The van der Waals surface area contributed by atoms with Crippen LogP contribution in [0.1, 0.15) is 16.4 Å². The monoisotopic (exact) mass is 256 g/mol. The van der Waals surface area contributed by atoms with Crippen LogP contribution in [-0.4, -0.2) is 0 Å². The molecule has 0 bridgehead atoms. The van der Waals surface area contributed by atoms with Crippen LogP contribution < -0.4 is 0 Å². The molecule has 0 fully saturated rings. The molecule has 0 spiro atoms. The third-order valence-corrected chi connectivity index (χ3v) is 2.64. The molecule has 3 aromatic carbocycles. The molecule has 0 aliphatic heterocycles. The third kappa shape index (κ3) is 1.63. The van der Waals surface area contributed by atoms with Crippen molar-refractivity contribution in [1.82, 2.24) is 0 Å². The number of rotatable bonds is 1. The van der Waals surface area contributed by atoms with Crippen molar-refractivity contribution in [2.45, 2.75) is 0 Å². The molecule has 19 heavy (non-hydrogen) atoms. The van der Waals surface area contributed by atoms with E-state index in [1.807, 2.05) is 0 Å². The summed E-state index contributed by atoms with van der Waals surface area (Å²) in [5, 5.41) is -0.363. The van der Waals surface area contributed by atoms with E-state index in [4.69, 9.17) is 20.9 Å². The molecule has 4 aromatic rings. The van der Waals surface area contributed by atoms with E-state index in [9.17, 15) is 0 Å². The molecule has 0 radical (unpaired) electrons. The number of para-hydroxylation sites is 1. The highest BCUT2D eigenvalue weighted by Crippen LogP contribution is 2.31. The number of fused-ring (bicyclic) bond motifs is 3. The summed E-state index contributed by atoms with van der Waals surface area (Å²) in [5.41, 5.74) is -1.45. The SMILES string of the molecule is [2H]c1c([2H])c([2H])c(-c2c([2H])c([2H])c3oc4c([2H])c([2H])c([2H])c([2H])c4c3c2[2H])c([2H])c1[2H]. The van der Waals surface area contributed by atoms with Crippen molar-refractivity contribution in [2.24, 2.45) is 0 Å². The second kappa shape index (κ2) is 3.99. The Balaban J connectivity index is 2.30. The van der Waals surface area contributed by atoms with Crippen LogP contribution in [0.15, 0.2) is 76.9 Å². The highest BCUT2D eigenvalue weighted by atomic mass is 16.3. The summed E-state index contributed by atoms with van der Waals surface area (Å²) in [7, 11) is 0. The summed E-state index contributed by atoms with van der Waals surface area (Å²) in [6.45, 7) is 0. The molecular weight excluding hydrogens is 232 g/mol. The molecule has 0 aliphatic rings. The lowest BCUT2D eigenvalue weighted by Gasteiger charge is -2.00. The second-order valence-corrected chi connectivity index (χ2v) is 3.76. The van der Waals surface area contributed by atoms with Gasteiger partial charge in [0.05, 0.1) is 16.4 Å². The van der Waals surface area contributed by atoms with E-state index in [1.54, 1.807) is 0 Å². The second-order valence-electron chi connectivity index (χ2n) is 3.76. The summed E-state index contributed by atoms with van der Waals surface area (Å²) >= 11 is 0. The number of hydrogen-bond donors (Lipinski definition) is 0. The van der Waals surface area contributed by atoms with Crippen LogP contribution in [0.3, 0.4) is 0 Å². The summed E-state index contributed by atoms with van der Waals surface area (Å²) in [6.07, 6.45) is 0. The lowest BCUT2D eigenvalue weighted by Crippen LogP contribution is -1.76. The minimum absolute atomic E-state index is 0.173. The molecule has 0 saturated heterocycles. The van der Waals surface area contributed by atoms with Gasteiger partial charge in [0.15, 0.2) is 0 Å². The van der Waals surface area contributed by atoms with Gasteiger partial charge < -0.3 is 4.42 Å².